The van der Waals surface area contributed by atoms with Crippen LogP contribution in [0.5, 0.6) is 0 Å². The molecule has 1 aromatic carbocycles. The maximum Gasteiger partial charge on any atom is 0.253 e. The normalized spacial score (nSPS) is 13.8. The number of nitrogens with zero attached hydrogens (tertiary/aromatic N) is 6. The molecular weight excluding hydrogens is 378 g/mol. The molecular formula is C22H25N7O. The number of benzene rings is 1. The Balaban J connectivity index is 1.33. The molecule has 1 saturated heterocycles. The van der Waals surface area contributed by atoms with Gasteiger partial charge in [-0.25, -0.2) is 0 Å². The number of aromatic nitrogens is 3. The molecule has 0 spiro atoms. The highest BCUT2D eigenvalue weighted by Crippen LogP contribution is 2.19. The molecule has 3 heterocycles. The minimum atomic E-state index is 0.0714. The second-order valence-electron chi connectivity index (χ2n) is 7.36. The van der Waals surface area contributed by atoms with Crippen molar-refractivity contribution >= 4 is 28.9 Å². The van der Waals surface area contributed by atoms with E-state index < -0.39 is 0 Å². The first-order valence-electron chi connectivity index (χ1n) is 9.92. The molecule has 1 fully saturated rings. The number of hydrogen-bond donors (Lipinski definition) is 1. The predicted octanol–water partition coefficient (Wildman–Crippen LogP) is 2.64. The first kappa shape index (κ1) is 19.6. The van der Waals surface area contributed by atoms with E-state index in [2.05, 4.69) is 25.4 Å². The quantitative estimate of drug-likeness (QED) is 0.702. The van der Waals surface area contributed by atoms with E-state index in [1.54, 1.807) is 12.4 Å². The Labute approximate surface area is 176 Å². The van der Waals surface area contributed by atoms with Gasteiger partial charge in [0.25, 0.3) is 5.91 Å². The average Bonchev–Trinajstić information content (AvgIpc) is 2.80. The Hall–Kier alpha value is -3.68. The van der Waals surface area contributed by atoms with Gasteiger partial charge in [0, 0.05) is 57.7 Å². The van der Waals surface area contributed by atoms with Crippen molar-refractivity contribution < 1.29 is 4.79 Å². The fourth-order valence-electron chi connectivity index (χ4n) is 3.37. The average molecular weight is 403 g/mol. The Morgan fingerprint density at radius 1 is 0.967 bits per heavy atom. The number of anilines is 4. The van der Waals surface area contributed by atoms with Crippen molar-refractivity contribution in [2.24, 2.45) is 0 Å². The fraction of sp³-hybridized carbons (Fsp3) is 0.273. The summed E-state index contributed by atoms with van der Waals surface area (Å²) in [5.74, 6) is 1.55. The number of amides is 1. The van der Waals surface area contributed by atoms with Gasteiger partial charge >= 0.3 is 0 Å². The number of carbonyl (C=O) groups is 1. The highest BCUT2D eigenvalue weighted by molar-refractivity contribution is 5.94. The van der Waals surface area contributed by atoms with Crippen molar-refractivity contribution in [1.29, 1.82) is 0 Å². The van der Waals surface area contributed by atoms with E-state index in [1.807, 2.05) is 72.4 Å². The van der Waals surface area contributed by atoms with E-state index in [0.717, 1.165) is 35.8 Å². The highest BCUT2D eigenvalue weighted by Gasteiger charge is 2.23. The SMILES string of the molecule is CN(C)c1ccc(C(=O)N2CCN(c3ccc(Nc4cccnc4)nn3)CC2)cc1. The van der Waals surface area contributed by atoms with Crippen LogP contribution in [-0.2, 0) is 0 Å². The number of hydrogen-bond acceptors (Lipinski definition) is 7. The predicted molar refractivity (Wildman–Crippen MR) is 118 cm³/mol. The molecule has 154 valence electrons. The topological polar surface area (TPSA) is 77.5 Å². The standard InChI is InChI=1S/C22H25N7O/c1-27(2)19-7-5-17(6-8-19)22(30)29-14-12-28(13-15-29)21-10-9-20(25-26-21)24-18-4-3-11-23-16-18/h3-11,16H,12-15H2,1-2H3,(H,24,25). The lowest BCUT2D eigenvalue weighted by Gasteiger charge is -2.35. The molecule has 1 amide bonds. The molecule has 3 aromatic rings. The number of piperazine rings is 1. The van der Waals surface area contributed by atoms with Crippen LogP contribution in [0, 0.1) is 0 Å². The zero-order valence-corrected chi connectivity index (χ0v) is 17.2. The van der Waals surface area contributed by atoms with Crippen molar-refractivity contribution in [3.8, 4) is 0 Å². The maximum absolute atomic E-state index is 12.8. The molecule has 4 rings (SSSR count). The number of pyridine rings is 1. The third-order valence-corrected chi connectivity index (χ3v) is 5.11. The third-order valence-electron chi connectivity index (χ3n) is 5.11. The smallest absolute Gasteiger partial charge is 0.253 e. The first-order valence-corrected chi connectivity index (χ1v) is 9.92. The Morgan fingerprint density at radius 3 is 2.33 bits per heavy atom. The van der Waals surface area contributed by atoms with E-state index in [-0.39, 0.29) is 5.91 Å². The van der Waals surface area contributed by atoms with Gasteiger partial charge in [-0.1, -0.05) is 0 Å². The van der Waals surface area contributed by atoms with Gasteiger partial charge in [0.05, 0.1) is 11.9 Å². The molecule has 8 nitrogen and oxygen atoms in total. The molecule has 0 unspecified atom stereocenters. The van der Waals surface area contributed by atoms with E-state index in [9.17, 15) is 4.79 Å². The summed E-state index contributed by atoms with van der Waals surface area (Å²) in [7, 11) is 3.97. The fourth-order valence-corrected chi connectivity index (χ4v) is 3.37. The summed E-state index contributed by atoms with van der Waals surface area (Å²) < 4.78 is 0. The highest BCUT2D eigenvalue weighted by atomic mass is 16.2. The van der Waals surface area contributed by atoms with E-state index in [0.29, 0.717) is 18.9 Å². The van der Waals surface area contributed by atoms with Crippen LogP contribution in [-0.4, -0.2) is 66.3 Å². The van der Waals surface area contributed by atoms with Gasteiger partial charge in [0.15, 0.2) is 11.6 Å². The van der Waals surface area contributed by atoms with E-state index in [1.165, 1.54) is 0 Å². The van der Waals surface area contributed by atoms with Gasteiger partial charge in [-0.2, -0.15) is 0 Å². The minimum absolute atomic E-state index is 0.0714. The van der Waals surface area contributed by atoms with E-state index in [4.69, 9.17) is 0 Å². The van der Waals surface area contributed by atoms with Crippen LogP contribution in [0.2, 0.25) is 0 Å². The molecule has 0 atom stereocenters. The molecule has 0 aliphatic carbocycles. The van der Waals surface area contributed by atoms with Crippen LogP contribution >= 0.6 is 0 Å². The van der Waals surface area contributed by atoms with Crippen molar-refractivity contribution in [2.45, 2.75) is 0 Å². The van der Waals surface area contributed by atoms with Gasteiger partial charge in [-0.3, -0.25) is 9.78 Å². The zero-order valence-electron chi connectivity index (χ0n) is 17.2. The van der Waals surface area contributed by atoms with Crippen molar-refractivity contribution in [2.75, 3.05) is 55.4 Å². The van der Waals surface area contributed by atoms with Crippen molar-refractivity contribution in [3.05, 3.63) is 66.5 Å². The Morgan fingerprint density at radius 2 is 1.73 bits per heavy atom. The molecule has 0 bridgehead atoms. The lowest BCUT2D eigenvalue weighted by atomic mass is 10.1. The zero-order chi connectivity index (χ0) is 20.9. The summed E-state index contributed by atoms with van der Waals surface area (Å²) in [4.78, 5) is 22.9. The van der Waals surface area contributed by atoms with Gasteiger partial charge < -0.3 is 20.0 Å². The third kappa shape index (κ3) is 4.48. The number of nitrogens with one attached hydrogen (secondary N) is 1. The number of carbonyl (C=O) groups excluding carboxylic acids is 1. The Kier molecular flexibility index (Phi) is 5.74. The first-order chi connectivity index (χ1) is 14.6. The monoisotopic (exact) mass is 403 g/mol. The molecule has 8 heteroatoms. The molecule has 1 aliphatic rings. The lowest BCUT2D eigenvalue weighted by molar-refractivity contribution is 0.0746. The van der Waals surface area contributed by atoms with Crippen LogP contribution in [0.1, 0.15) is 10.4 Å². The van der Waals surface area contributed by atoms with Crippen LogP contribution in [0.3, 0.4) is 0 Å². The van der Waals surface area contributed by atoms with Gasteiger partial charge in [0.1, 0.15) is 0 Å². The van der Waals surface area contributed by atoms with E-state index >= 15 is 0 Å². The molecule has 0 radical (unpaired) electrons. The lowest BCUT2D eigenvalue weighted by Crippen LogP contribution is -2.49. The summed E-state index contributed by atoms with van der Waals surface area (Å²) >= 11 is 0. The van der Waals surface area contributed by atoms with Crippen molar-refractivity contribution in [3.63, 3.8) is 0 Å². The molecule has 1 aliphatic heterocycles. The second-order valence-corrected chi connectivity index (χ2v) is 7.36. The second kappa shape index (κ2) is 8.77. The summed E-state index contributed by atoms with van der Waals surface area (Å²) in [6.45, 7) is 2.77. The molecule has 2 aromatic heterocycles. The summed E-state index contributed by atoms with van der Waals surface area (Å²) in [5, 5.41) is 11.8. The van der Waals surface area contributed by atoms with Crippen molar-refractivity contribution in [1.82, 2.24) is 20.1 Å². The van der Waals surface area contributed by atoms with Crippen LogP contribution in [0.15, 0.2) is 60.9 Å². The van der Waals surface area contributed by atoms with Gasteiger partial charge in [-0.05, 0) is 48.5 Å². The van der Waals surface area contributed by atoms with Crippen LogP contribution < -0.4 is 15.1 Å². The largest absolute Gasteiger partial charge is 0.378 e. The van der Waals surface area contributed by atoms with Crippen LogP contribution in [0.25, 0.3) is 0 Å². The Bertz CT molecular complexity index is 967. The number of rotatable bonds is 5. The maximum atomic E-state index is 12.8. The molecule has 0 saturated carbocycles. The summed E-state index contributed by atoms with van der Waals surface area (Å²) in [6.07, 6.45) is 3.46. The van der Waals surface area contributed by atoms with Crippen LogP contribution in [0.4, 0.5) is 23.0 Å². The summed E-state index contributed by atoms with van der Waals surface area (Å²) in [6, 6.07) is 15.4. The molecule has 30 heavy (non-hydrogen) atoms. The van der Waals surface area contributed by atoms with Gasteiger partial charge in [0.2, 0.25) is 0 Å². The molecule has 1 N–H and O–H groups in total. The van der Waals surface area contributed by atoms with Gasteiger partial charge in [-0.15, -0.1) is 10.2 Å². The summed E-state index contributed by atoms with van der Waals surface area (Å²) in [5.41, 5.74) is 2.67. The minimum Gasteiger partial charge on any atom is -0.378 e.